The number of carbonyl (C=O) groups is 1. The zero-order chi connectivity index (χ0) is 16.9. The minimum absolute atomic E-state index is 0.195. The van der Waals surface area contributed by atoms with Crippen LogP contribution in [0.15, 0.2) is 12.1 Å². The summed E-state index contributed by atoms with van der Waals surface area (Å²) in [6.45, 7) is -0.305. The van der Waals surface area contributed by atoms with Crippen molar-refractivity contribution in [1.29, 1.82) is 0 Å². The van der Waals surface area contributed by atoms with Crippen LogP contribution >= 0.6 is 11.6 Å². The Morgan fingerprint density at radius 2 is 1.86 bits per heavy atom. The molecule has 0 heterocycles. The van der Waals surface area contributed by atoms with E-state index in [0.717, 1.165) is 0 Å². The molecule has 22 heavy (non-hydrogen) atoms. The molecule has 1 amide bonds. The highest BCUT2D eigenvalue weighted by molar-refractivity contribution is 6.32. The molecule has 1 aromatic rings. The average Bonchev–Trinajstić information content (AvgIpc) is 2.44. The van der Waals surface area contributed by atoms with Crippen molar-refractivity contribution in [1.82, 2.24) is 0 Å². The van der Waals surface area contributed by atoms with Gasteiger partial charge in [0.15, 0.2) is 0 Å². The SMILES string of the molecule is COc1cc(OC)c(NC(=O)C(C)OCC(F)(F)F)cc1Cl. The molecule has 0 spiro atoms. The molecule has 1 atom stereocenters. The number of halogens is 4. The number of hydrogen-bond donors (Lipinski definition) is 1. The van der Waals surface area contributed by atoms with Crippen LogP contribution in [-0.4, -0.2) is 39.0 Å². The monoisotopic (exact) mass is 341 g/mol. The van der Waals surface area contributed by atoms with Gasteiger partial charge in [-0.3, -0.25) is 4.79 Å². The summed E-state index contributed by atoms with van der Waals surface area (Å²) in [4.78, 5) is 11.8. The fourth-order valence-electron chi connectivity index (χ4n) is 1.49. The van der Waals surface area contributed by atoms with Gasteiger partial charge in [0.1, 0.15) is 24.2 Å². The topological polar surface area (TPSA) is 56.8 Å². The molecule has 0 bridgehead atoms. The standard InChI is InChI=1S/C13H15ClF3NO4/c1-7(22-6-13(15,16)17)12(19)18-9-4-8(14)10(20-2)5-11(9)21-3/h4-5,7H,6H2,1-3H3,(H,18,19). The molecule has 0 saturated heterocycles. The van der Waals surface area contributed by atoms with Crippen LogP contribution in [0.3, 0.4) is 0 Å². The first-order chi connectivity index (χ1) is 10.2. The molecule has 0 radical (unpaired) electrons. The Labute approximate surface area is 130 Å². The summed E-state index contributed by atoms with van der Waals surface area (Å²) in [6.07, 6.45) is -5.80. The van der Waals surface area contributed by atoms with Gasteiger partial charge < -0.3 is 19.5 Å². The summed E-state index contributed by atoms with van der Waals surface area (Å²) in [5.74, 6) is -0.181. The Kier molecular flexibility index (Phi) is 6.31. The molecule has 9 heteroatoms. The Hall–Kier alpha value is -1.67. The van der Waals surface area contributed by atoms with E-state index in [4.69, 9.17) is 21.1 Å². The van der Waals surface area contributed by atoms with E-state index >= 15 is 0 Å². The van der Waals surface area contributed by atoms with Crippen LogP contribution in [0.4, 0.5) is 18.9 Å². The fraction of sp³-hybridized carbons (Fsp3) is 0.462. The maximum absolute atomic E-state index is 12.1. The lowest BCUT2D eigenvalue weighted by Crippen LogP contribution is -2.31. The number of anilines is 1. The van der Waals surface area contributed by atoms with Crippen molar-refractivity contribution in [3.05, 3.63) is 17.2 Å². The van der Waals surface area contributed by atoms with E-state index in [1.54, 1.807) is 0 Å². The van der Waals surface area contributed by atoms with Gasteiger partial charge in [-0.15, -0.1) is 0 Å². The zero-order valence-electron chi connectivity index (χ0n) is 12.1. The molecule has 0 aliphatic carbocycles. The van der Waals surface area contributed by atoms with Crippen molar-refractivity contribution < 1.29 is 32.2 Å². The van der Waals surface area contributed by atoms with Gasteiger partial charge >= 0.3 is 6.18 Å². The maximum Gasteiger partial charge on any atom is 0.411 e. The van der Waals surface area contributed by atoms with E-state index in [1.807, 2.05) is 0 Å². The zero-order valence-corrected chi connectivity index (χ0v) is 12.8. The minimum Gasteiger partial charge on any atom is -0.495 e. The van der Waals surface area contributed by atoms with Crippen LogP contribution in [0.5, 0.6) is 11.5 Å². The van der Waals surface area contributed by atoms with Crippen molar-refractivity contribution in [2.75, 3.05) is 26.1 Å². The lowest BCUT2D eigenvalue weighted by molar-refractivity contribution is -0.184. The number of benzene rings is 1. The quantitative estimate of drug-likeness (QED) is 0.863. The third kappa shape index (κ3) is 5.27. The molecule has 0 aliphatic heterocycles. The molecule has 0 aromatic heterocycles. The van der Waals surface area contributed by atoms with E-state index in [9.17, 15) is 18.0 Å². The number of carbonyl (C=O) groups excluding carboxylic acids is 1. The van der Waals surface area contributed by atoms with Gasteiger partial charge in [0, 0.05) is 6.07 Å². The summed E-state index contributed by atoms with van der Waals surface area (Å²) in [6, 6.07) is 2.81. The highest BCUT2D eigenvalue weighted by Crippen LogP contribution is 2.36. The van der Waals surface area contributed by atoms with Gasteiger partial charge in [-0.1, -0.05) is 11.6 Å². The molecule has 1 unspecified atom stereocenters. The fourth-order valence-corrected chi connectivity index (χ4v) is 1.73. The normalized spacial score (nSPS) is 12.7. The molecule has 5 nitrogen and oxygen atoms in total. The highest BCUT2D eigenvalue weighted by atomic mass is 35.5. The van der Waals surface area contributed by atoms with Gasteiger partial charge in [-0.25, -0.2) is 0 Å². The Morgan fingerprint density at radius 3 is 2.36 bits per heavy atom. The molecule has 0 fully saturated rings. The Balaban J connectivity index is 2.81. The average molecular weight is 342 g/mol. The summed E-state index contributed by atoms with van der Waals surface area (Å²) >= 11 is 5.93. The second kappa shape index (κ2) is 7.55. The number of methoxy groups -OCH3 is 2. The third-order valence-corrected chi connectivity index (χ3v) is 2.89. The second-order valence-corrected chi connectivity index (χ2v) is 4.65. The summed E-state index contributed by atoms with van der Waals surface area (Å²) in [5.41, 5.74) is 0.195. The lowest BCUT2D eigenvalue weighted by atomic mass is 10.2. The van der Waals surface area contributed by atoms with Gasteiger partial charge in [0.2, 0.25) is 0 Å². The Bertz CT molecular complexity index is 537. The largest absolute Gasteiger partial charge is 0.495 e. The van der Waals surface area contributed by atoms with E-state index in [0.29, 0.717) is 5.75 Å². The number of hydrogen-bond acceptors (Lipinski definition) is 4. The van der Waals surface area contributed by atoms with Gasteiger partial charge in [0.05, 0.1) is 24.9 Å². The first-order valence-electron chi connectivity index (χ1n) is 6.08. The van der Waals surface area contributed by atoms with Crippen molar-refractivity contribution in [2.45, 2.75) is 19.2 Å². The van der Waals surface area contributed by atoms with Crippen LogP contribution in [0, 0.1) is 0 Å². The van der Waals surface area contributed by atoms with Crippen molar-refractivity contribution in [3.63, 3.8) is 0 Å². The molecular weight excluding hydrogens is 327 g/mol. The predicted octanol–water partition coefficient (Wildman–Crippen LogP) is 3.26. The van der Waals surface area contributed by atoms with Crippen LogP contribution in [-0.2, 0) is 9.53 Å². The summed E-state index contributed by atoms with van der Waals surface area (Å²) < 4.78 is 50.7. The van der Waals surface area contributed by atoms with E-state index in [1.165, 1.54) is 33.3 Å². The number of rotatable bonds is 6. The van der Waals surface area contributed by atoms with Crippen molar-refractivity contribution >= 4 is 23.2 Å². The predicted molar refractivity (Wildman–Crippen MR) is 74.7 cm³/mol. The number of nitrogens with one attached hydrogen (secondary N) is 1. The maximum atomic E-state index is 12.1. The summed E-state index contributed by atoms with van der Waals surface area (Å²) in [5, 5.41) is 2.60. The Morgan fingerprint density at radius 1 is 1.27 bits per heavy atom. The molecule has 0 aliphatic rings. The summed E-state index contributed by atoms with van der Waals surface area (Å²) in [7, 11) is 2.77. The van der Waals surface area contributed by atoms with Gasteiger partial charge in [-0.2, -0.15) is 13.2 Å². The molecule has 1 rings (SSSR count). The number of alkyl halides is 3. The van der Waals surface area contributed by atoms with Gasteiger partial charge in [0.25, 0.3) is 5.91 Å². The van der Waals surface area contributed by atoms with Crippen LogP contribution in [0.1, 0.15) is 6.92 Å². The number of amides is 1. The first kappa shape index (κ1) is 18.4. The van der Waals surface area contributed by atoms with Crippen LogP contribution in [0.2, 0.25) is 5.02 Å². The minimum atomic E-state index is -4.50. The van der Waals surface area contributed by atoms with Gasteiger partial charge in [-0.05, 0) is 13.0 Å². The smallest absolute Gasteiger partial charge is 0.411 e. The van der Waals surface area contributed by atoms with E-state index in [-0.39, 0.29) is 16.5 Å². The van der Waals surface area contributed by atoms with E-state index in [2.05, 4.69) is 10.1 Å². The highest BCUT2D eigenvalue weighted by Gasteiger charge is 2.30. The van der Waals surface area contributed by atoms with Crippen molar-refractivity contribution in [2.24, 2.45) is 0 Å². The molecule has 124 valence electrons. The number of ether oxygens (including phenoxy) is 3. The lowest BCUT2D eigenvalue weighted by Gasteiger charge is -2.17. The van der Waals surface area contributed by atoms with Crippen LogP contribution < -0.4 is 14.8 Å². The molecule has 1 N–H and O–H groups in total. The second-order valence-electron chi connectivity index (χ2n) is 4.24. The van der Waals surface area contributed by atoms with Crippen molar-refractivity contribution in [3.8, 4) is 11.5 Å². The molecule has 0 saturated carbocycles. The van der Waals surface area contributed by atoms with E-state index < -0.39 is 24.8 Å². The third-order valence-electron chi connectivity index (χ3n) is 2.60. The molecular formula is C13H15ClF3NO4. The molecule has 1 aromatic carbocycles. The van der Waals surface area contributed by atoms with Crippen LogP contribution in [0.25, 0.3) is 0 Å². The first-order valence-corrected chi connectivity index (χ1v) is 6.46.